The lowest BCUT2D eigenvalue weighted by atomic mass is 10.0. The van der Waals surface area contributed by atoms with Crippen LogP contribution in [-0.4, -0.2) is 40.4 Å². The minimum Gasteiger partial charge on any atom is -0.348 e. The highest BCUT2D eigenvalue weighted by Crippen LogP contribution is 2.24. The molecule has 22 heavy (non-hydrogen) atoms. The summed E-state index contributed by atoms with van der Waals surface area (Å²) < 4.78 is 0. The summed E-state index contributed by atoms with van der Waals surface area (Å²) in [5.74, 6) is 2.24. The molecule has 1 aromatic carbocycles. The molecule has 0 spiro atoms. The minimum absolute atomic E-state index is 0.0632. The fraction of sp³-hybridized carbons (Fsp3) is 0.375. The molecule has 1 aliphatic rings. The molecule has 116 valence electrons. The van der Waals surface area contributed by atoms with Crippen molar-refractivity contribution in [3.05, 3.63) is 52.5 Å². The van der Waals surface area contributed by atoms with Gasteiger partial charge in [-0.25, -0.2) is 4.98 Å². The number of carbonyl (C=O) groups is 1. The fourth-order valence-corrected chi connectivity index (χ4v) is 4.09. The zero-order chi connectivity index (χ0) is 15.2. The molecule has 2 heterocycles. The van der Waals surface area contributed by atoms with Crippen LogP contribution in [0, 0.1) is 0 Å². The molecule has 3 rings (SSSR count). The molecule has 2 aromatic rings. The Hall–Kier alpha value is -1.37. The molecule has 1 saturated heterocycles. The number of rotatable bonds is 5. The highest BCUT2D eigenvalue weighted by atomic mass is 32.2. The van der Waals surface area contributed by atoms with E-state index in [1.54, 1.807) is 17.5 Å². The van der Waals surface area contributed by atoms with Crippen LogP contribution in [0.2, 0.25) is 0 Å². The van der Waals surface area contributed by atoms with E-state index in [0.717, 1.165) is 35.2 Å². The zero-order valence-corrected chi connectivity index (χ0v) is 13.9. The predicted octanol–water partition coefficient (Wildman–Crippen LogP) is 2.55. The molecule has 1 aliphatic heterocycles. The van der Waals surface area contributed by atoms with Gasteiger partial charge >= 0.3 is 0 Å². The van der Waals surface area contributed by atoms with E-state index < -0.39 is 0 Å². The Morgan fingerprint density at radius 1 is 1.27 bits per heavy atom. The van der Waals surface area contributed by atoms with Crippen molar-refractivity contribution >= 4 is 29.0 Å². The molecule has 1 fully saturated rings. The van der Waals surface area contributed by atoms with Gasteiger partial charge in [0, 0.05) is 36.2 Å². The van der Waals surface area contributed by atoms with E-state index in [0.29, 0.717) is 6.54 Å². The van der Waals surface area contributed by atoms with E-state index in [1.807, 2.05) is 47.5 Å². The number of nitrogens with zero attached hydrogens (tertiary/aromatic N) is 2. The SMILES string of the molecule is O=C(NCc1nccs1)[C@@H](c1ccccc1)N1CCSCC1. The second-order valence-corrected chi connectivity index (χ2v) is 7.31. The van der Waals surface area contributed by atoms with Gasteiger partial charge in [-0.3, -0.25) is 9.69 Å². The quantitative estimate of drug-likeness (QED) is 0.913. The van der Waals surface area contributed by atoms with Gasteiger partial charge in [-0.05, 0) is 5.56 Å². The van der Waals surface area contributed by atoms with Crippen LogP contribution >= 0.6 is 23.1 Å². The number of thioether (sulfide) groups is 1. The van der Waals surface area contributed by atoms with Gasteiger partial charge in [0.25, 0.3) is 0 Å². The first kappa shape index (κ1) is 15.5. The molecule has 0 unspecified atom stereocenters. The van der Waals surface area contributed by atoms with Crippen molar-refractivity contribution in [2.45, 2.75) is 12.6 Å². The van der Waals surface area contributed by atoms with E-state index in [2.05, 4.69) is 15.2 Å². The Morgan fingerprint density at radius 2 is 2.05 bits per heavy atom. The predicted molar refractivity (Wildman–Crippen MR) is 92.0 cm³/mol. The summed E-state index contributed by atoms with van der Waals surface area (Å²) in [6.45, 7) is 2.41. The molecule has 1 aromatic heterocycles. The molecule has 4 nitrogen and oxygen atoms in total. The van der Waals surface area contributed by atoms with Crippen molar-refractivity contribution in [2.24, 2.45) is 0 Å². The molecule has 0 radical (unpaired) electrons. The maximum atomic E-state index is 12.8. The van der Waals surface area contributed by atoms with Gasteiger partial charge < -0.3 is 5.32 Å². The number of amides is 1. The van der Waals surface area contributed by atoms with Crippen LogP contribution in [0.5, 0.6) is 0 Å². The third-order valence-electron chi connectivity index (χ3n) is 3.67. The first-order chi connectivity index (χ1) is 10.8. The number of thiazole rings is 1. The van der Waals surface area contributed by atoms with Crippen molar-refractivity contribution in [3.63, 3.8) is 0 Å². The van der Waals surface area contributed by atoms with Crippen LogP contribution in [0.4, 0.5) is 0 Å². The summed E-state index contributed by atoms with van der Waals surface area (Å²) in [4.78, 5) is 19.3. The highest BCUT2D eigenvalue weighted by molar-refractivity contribution is 7.99. The first-order valence-electron chi connectivity index (χ1n) is 7.37. The van der Waals surface area contributed by atoms with Gasteiger partial charge in [0.1, 0.15) is 11.0 Å². The summed E-state index contributed by atoms with van der Waals surface area (Å²) in [6.07, 6.45) is 1.77. The van der Waals surface area contributed by atoms with E-state index in [9.17, 15) is 4.79 Å². The summed E-state index contributed by atoms with van der Waals surface area (Å²) in [6, 6.07) is 9.84. The topological polar surface area (TPSA) is 45.2 Å². The number of nitrogens with one attached hydrogen (secondary N) is 1. The van der Waals surface area contributed by atoms with Gasteiger partial charge in [-0.1, -0.05) is 30.3 Å². The Morgan fingerprint density at radius 3 is 2.73 bits per heavy atom. The van der Waals surface area contributed by atoms with E-state index in [1.165, 1.54) is 0 Å². The molecule has 0 saturated carbocycles. The normalized spacial score (nSPS) is 17.1. The lowest BCUT2D eigenvalue weighted by Gasteiger charge is -2.33. The smallest absolute Gasteiger partial charge is 0.242 e. The summed E-state index contributed by atoms with van der Waals surface area (Å²) >= 11 is 3.52. The van der Waals surface area contributed by atoms with Gasteiger partial charge in [0.2, 0.25) is 5.91 Å². The molecule has 0 bridgehead atoms. The molecule has 1 N–H and O–H groups in total. The number of carbonyl (C=O) groups excluding carboxylic acids is 1. The number of hydrogen-bond acceptors (Lipinski definition) is 5. The lowest BCUT2D eigenvalue weighted by molar-refractivity contribution is -0.126. The van der Waals surface area contributed by atoms with Crippen LogP contribution in [0.15, 0.2) is 41.9 Å². The van der Waals surface area contributed by atoms with Crippen LogP contribution in [0.25, 0.3) is 0 Å². The maximum absolute atomic E-state index is 12.8. The lowest BCUT2D eigenvalue weighted by Crippen LogP contribution is -2.44. The molecule has 1 atom stereocenters. The number of aromatic nitrogens is 1. The fourth-order valence-electron chi connectivity index (χ4n) is 2.60. The first-order valence-corrected chi connectivity index (χ1v) is 9.41. The third-order valence-corrected chi connectivity index (χ3v) is 5.39. The average Bonchev–Trinajstić information content (AvgIpc) is 3.09. The number of hydrogen-bond donors (Lipinski definition) is 1. The van der Waals surface area contributed by atoms with E-state index >= 15 is 0 Å². The van der Waals surface area contributed by atoms with Crippen LogP contribution in [0.1, 0.15) is 16.6 Å². The molecule has 0 aliphatic carbocycles. The standard InChI is InChI=1S/C16H19N3OS2/c20-16(18-12-14-17-6-9-22-14)15(13-4-2-1-3-5-13)19-7-10-21-11-8-19/h1-6,9,15H,7-8,10-12H2,(H,18,20)/t15-/m1/s1. The highest BCUT2D eigenvalue weighted by Gasteiger charge is 2.28. The second kappa shape index (κ2) is 7.76. The third kappa shape index (κ3) is 3.88. The summed E-state index contributed by atoms with van der Waals surface area (Å²) in [5.41, 5.74) is 1.06. The molecular weight excluding hydrogens is 314 g/mol. The van der Waals surface area contributed by atoms with Crippen molar-refractivity contribution < 1.29 is 4.79 Å². The Kier molecular flexibility index (Phi) is 5.48. The molecule has 1 amide bonds. The van der Waals surface area contributed by atoms with E-state index in [4.69, 9.17) is 0 Å². The summed E-state index contributed by atoms with van der Waals surface area (Å²) in [5, 5.41) is 5.91. The van der Waals surface area contributed by atoms with Crippen molar-refractivity contribution in [2.75, 3.05) is 24.6 Å². The minimum atomic E-state index is -0.206. The Labute approximate surface area is 138 Å². The second-order valence-electron chi connectivity index (χ2n) is 5.11. The van der Waals surface area contributed by atoms with Gasteiger partial charge in [-0.15, -0.1) is 11.3 Å². The Balaban J connectivity index is 1.73. The van der Waals surface area contributed by atoms with Crippen LogP contribution in [-0.2, 0) is 11.3 Å². The number of benzene rings is 1. The van der Waals surface area contributed by atoms with Crippen LogP contribution in [0.3, 0.4) is 0 Å². The average molecular weight is 333 g/mol. The maximum Gasteiger partial charge on any atom is 0.242 e. The largest absolute Gasteiger partial charge is 0.348 e. The van der Waals surface area contributed by atoms with Crippen molar-refractivity contribution in [3.8, 4) is 0 Å². The zero-order valence-electron chi connectivity index (χ0n) is 12.3. The monoisotopic (exact) mass is 333 g/mol. The van der Waals surface area contributed by atoms with Gasteiger partial charge in [-0.2, -0.15) is 11.8 Å². The van der Waals surface area contributed by atoms with Crippen molar-refractivity contribution in [1.29, 1.82) is 0 Å². The van der Waals surface area contributed by atoms with Gasteiger partial charge in [0.15, 0.2) is 0 Å². The van der Waals surface area contributed by atoms with E-state index in [-0.39, 0.29) is 11.9 Å². The van der Waals surface area contributed by atoms with Crippen LogP contribution < -0.4 is 5.32 Å². The molecule has 6 heteroatoms. The van der Waals surface area contributed by atoms with Crippen molar-refractivity contribution in [1.82, 2.24) is 15.2 Å². The van der Waals surface area contributed by atoms with Gasteiger partial charge in [0.05, 0.1) is 6.54 Å². The summed E-state index contributed by atoms with van der Waals surface area (Å²) in [7, 11) is 0. The Bertz CT molecular complexity index is 583. The molecular formula is C16H19N3OS2.